The minimum atomic E-state index is -3.67. The Morgan fingerprint density at radius 1 is 1.00 bits per heavy atom. The molecule has 1 N–H and O–H groups in total. The van der Waals surface area contributed by atoms with Crippen LogP contribution in [-0.2, 0) is 131 Å². The van der Waals surface area contributed by atoms with Gasteiger partial charge in [-0.05, 0) is 0 Å². The molecule has 0 aromatic heterocycles. The molecule has 0 unspecified atom stereocenters. The summed E-state index contributed by atoms with van der Waals surface area (Å²) in [5.41, 5.74) is 0. The molecule has 0 spiro atoms. The average Bonchev–Trinajstić information content (AvgIpc) is 2.15. The van der Waals surface area contributed by atoms with Gasteiger partial charge in [-0.3, -0.25) is 4.55 Å². The fourth-order valence-corrected chi connectivity index (χ4v) is 0.425. The molecule has 0 aliphatic heterocycles. The number of hydrogen-bond acceptors (Lipinski definition) is 9. The number of ether oxygens (including phenoxy) is 2. The third-order valence-electron chi connectivity index (χ3n) is 0.494. The monoisotopic (exact) mass is 627 g/mol. The van der Waals surface area contributed by atoms with Crippen molar-refractivity contribution in [1.82, 2.24) is 0 Å². The number of rotatable bonds is 6. The Labute approximate surface area is 199 Å². The van der Waals surface area contributed by atoms with E-state index in [9.17, 15) is 21.6 Å². The van der Waals surface area contributed by atoms with Crippen LogP contribution in [0, 0.1) is 0 Å². The van der Waals surface area contributed by atoms with Gasteiger partial charge in [-0.25, -0.2) is 4.18 Å². The molecule has 10 nitrogen and oxygen atoms in total. The van der Waals surface area contributed by atoms with E-state index in [1.54, 1.807) is 0 Å². The van der Waals surface area contributed by atoms with E-state index in [1.807, 2.05) is 0 Å². The Morgan fingerprint density at radius 2 is 1.32 bits per heavy atom. The molecule has 0 aliphatic carbocycles. The second kappa shape index (κ2) is 25.2. The Hall–Kier alpha value is 2.00. The van der Waals surface area contributed by atoms with Crippen LogP contribution in [0.2, 0.25) is 0 Å². The molecule has 133 valence electrons. The van der Waals surface area contributed by atoms with Gasteiger partial charge < -0.3 is 19.1 Å². The molecule has 0 saturated carbocycles. The van der Waals surface area contributed by atoms with Crippen molar-refractivity contribution in [3.63, 3.8) is 0 Å². The topological polar surface area (TPSA) is 150 Å². The van der Waals surface area contributed by atoms with Gasteiger partial charge in [0.05, 0.1) is 12.5 Å². The van der Waals surface area contributed by atoms with Crippen molar-refractivity contribution >= 4 is 44.8 Å². The van der Waals surface area contributed by atoms with Crippen molar-refractivity contribution in [2.45, 2.75) is 0 Å². The van der Waals surface area contributed by atoms with E-state index in [1.165, 1.54) is 0 Å². The summed E-state index contributed by atoms with van der Waals surface area (Å²) in [6.07, 6.45) is 1.56. The predicted molar refractivity (Wildman–Crippen MR) is 62.5 cm³/mol. The molecule has 0 fully saturated rings. The van der Waals surface area contributed by atoms with E-state index in [2.05, 4.69) is 13.7 Å². The molecule has 0 saturated heterocycles. The van der Waals surface area contributed by atoms with E-state index in [4.69, 9.17) is 20.9 Å². The van der Waals surface area contributed by atoms with Crippen LogP contribution in [-0.4, -0.2) is 59.7 Å². The predicted octanol–water partition coefficient (Wildman–Crippen LogP) is -1.23. The maximum Gasteiger partial charge on any atom is 0.267 e. The van der Waals surface area contributed by atoms with Gasteiger partial charge in [-0.15, -0.1) is 0 Å². The van der Waals surface area contributed by atoms with Crippen molar-refractivity contribution in [1.29, 1.82) is 0 Å². The second-order valence-electron chi connectivity index (χ2n) is 2.24. The van der Waals surface area contributed by atoms with Gasteiger partial charge in [0.2, 0.25) is 0 Å². The summed E-state index contributed by atoms with van der Waals surface area (Å²) < 4.78 is 57.6. The molecule has 22 heavy (non-hydrogen) atoms. The van der Waals surface area contributed by atoms with Crippen LogP contribution in [0.25, 0.3) is 0 Å². The van der Waals surface area contributed by atoms with Gasteiger partial charge in [0.1, 0.15) is 6.07 Å². The third-order valence-corrected chi connectivity index (χ3v) is 1.13. The van der Waals surface area contributed by atoms with Crippen LogP contribution in [0.1, 0.15) is 0 Å². The number of carbonyl (C=O) groups excluding carboxylic acids is 2. The van der Waals surface area contributed by atoms with Crippen LogP contribution in [0.3, 0.4) is 0 Å². The van der Waals surface area contributed by atoms with E-state index in [0.717, 1.165) is 19.2 Å². The second-order valence-corrected chi connectivity index (χ2v) is 5.57. The first kappa shape index (κ1) is 39.2. The fraction of sp³-hybridized carbons (Fsp3) is 0.667. The van der Waals surface area contributed by atoms with Gasteiger partial charge in [0.15, 0.2) is 6.79 Å². The van der Waals surface area contributed by atoms with Crippen molar-refractivity contribution in [3.8, 4) is 0 Å². The minimum Gasteiger partial charge on any atom is -0.642 e. The Balaban J connectivity index is -0.0000000434. The van der Waals surface area contributed by atoms with Gasteiger partial charge in [0, 0.05) is 87.8 Å². The number of halogens is 1. The third kappa shape index (κ3) is 97.0. The molecular weight excluding hydrogens is 617 g/mol. The summed E-state index contributed by atoms with van der Waals surface area (Å²) in [6.45, 7) is 1.53. The zero-order valence-corrected chi connectivity index (χ0v) is 20.7. The summed E-state index contributed by atoms with van der Waals surface area (Å²) in [6, 6.07) is -0.108. The molecule has 16 heteroatoms. The van der Waals surface area contributed by atoms with E-state index in [0.29, 0.717) is 6.26 Å². The van der Waals surface area contributed by atoms with Gasteiger partial charge in [-0.1, -0.05) is 24.5 Å². The van der Waals surface area contributed by atoms with Crippen LogP contribution in [0.15, 0.2) is 0 Å². The first-order valence-electron chi connectivity index (χ1n) is 3.78. The SMILES string of the molecule is CS(=O)(=O)O.CS(=O)(=O)OCO[C-]=O.O=[C-]OCCl.[Ag].[Y].[Y]. The fourth-order valence-electron chi connectivity index (χ4n) is 0.158. The molecule has 0 aromatic rings. The van der Waals surface area contributed by atoms with Crippen molar-refractivity contribution in [3.05, 3.63) is 0 Å². The maximum absolute atomic E-state index is 10.1. The van der Waals surface area contributed by atoms with Crippen molar-refractivity contribution < 1.29 is 132 Å². The van der Waals surface area contributed by atoms with Crippen LogP contribution in [0.4, 0.5) is 0 Å². The Morgan fingerprint density at radius 3 is 1.45 bits per heavy atom. The summed E-state index contributed by atoms with van der Waals surface area (Å²) in [5, 5.41) is 0. The van der Waals surface area contributed by atoms with Gasteiger partial charge in [0.25, 0.3) is 20.2 Å². The minimum absolute atomic E-state index is 0. The normalized spacial score (nSPS) is 8.55. The summed E-state index contributed by atoms with van der Waals surface area (Å²) >= 11 is 4.82. The standard InChI is InChI=1S/C3H5O5S.C2H2ClO2.CH4O3S.Ag.2Y/c1-9(5,6)8-3-7-2-4;3-1-5-2-4;1-5(2,3)4;;;/h3H2,1H3;1H2;1H3,(H,2,3,4);;;/q2*-1;;;;. The number of hydrogen-bond donors (Lipinski definition) is 1. The largest absolute Gasteiger partial charge is 0.642 e. The molecule has 0 aromatic carbocycles. The first-order valence-corrected chi connectivity index (χ1v) is 7.98. The molecule has 0 aliphatic rings. The zero-order chi connectivity index (χ0) is 15.9. The molecule has 0 amide bonds. The van der Waals surface area contributed by atoms with Crippen molar-refractivity contribution in [2.24, 2.45) is 0 Å². The van der Waals surface area contributed by atoms with Crippen LogP contribution < -0.4 is 0 Å². The molecule has 0 atom stereocenters. The molecule has 0 heterocycles. The van der Waals surface area contributed by atoms with Gasteiger partial charge in [-0.2, -0.15) is 16.8 Å². The molecule has 0 rings (SSSR count). The number of alkyl halides is 1. The summed E-state index contributed by atoms with van der Waals surface area (Å²) in [4.78, 5) is 18.2. The van der Waals surface area contributed by atoms with E-state index >= 15 is 0 Å². The van der Waals surface area contributed by atoms with Crippen LogP contribution >= 0.6 is 11.6 Å². The molecular formula is C6H11AgClO10S2Y2-2. The first-order chi connectivity index (χ1) is 8.47. The average molecular weight is 628 g/mol. The van der Waals surface area contributed by atoms with Crippen molar-refractivity contribution in [2.75, 3.05) is 25.4 Å². The summed E-state index contributed by atoms with van der Waals surface area (Å²) in [5.74, 6) is 0. The van der Waals surface area contributed by atoms with Gasteiger partial charge >= 0.3 is 0 Å². The summed E-state index contributed by atoms with van der Waals surface area (Å²) in [7, 11) is -7.17. The smallest absolute Gasteiger partial charge is 0.267 e. The van der Waals surface area contributed by atoms with E-state index < -0.39 is 27.0 Å². The van der Waals surface area contributed by atoms with Crippen LogP contribution in [0.5, 0.6) is 0 Å². The Bertz CT molecular complexity index is 421. The Kier molecular flexibility index (Phi) is 45.0. The van der Waals surface area contributed by atoms with E-state index in [-0.39, 0.29) is 93.9 Å². The quantitative estimate of drug-likeness (QED) is 0.0721. The molecule has 0 bridgehead atoms. The molecule has 3 radical (unpaired) electrons. The zero-order valence-electron chi connectivity index (χ0n) is 11.2. The maximum atomic E-state index is 10.1.